The lowest BCUT2D eigenvalue weighted by atomic mass is 10.4. The SMILES string of the molecule is CN=C(NCc1cnc(N(C)C)n1C)NCc1nnc2ccccn12.I. The highest BCUT2D eigenvalue weighted by Gasteiger charge is 2.09. The number of rotatable bonds is 5. The fourth-order valence-corrected chi connectivity index (χ4v) is 2.58. The summed E-state index contributed by atoms with van der Waals surface area (Å²) in [4.78, 5) is 10.6. The summed E-state index contributed by atoms with van der Waals surface area (Å²) >= 11 is 0. The van der Waals surface area contributed by atoms with Crippen molar-refractivity contribution < 1.29 is 0 Å². The normalized spacial score (nSPS) is 11.3. The van der Waals surface area contributed by atoms with E-state index in [-0.39, 0.29) is 24.0 Å². The van der Waals surface area contributed by atoms with Crippen LogP contribution in [0, 0.1) is 0 Å². The number of halogens is 1. The second-order valence-electron chi connectivity index (χ2n) is 5.83. The highest BCUT2D eigenvalue weighted by Crippen LogP contribution is 2.10. The molecule has 0 amide bonds. The molecule has 2 N–H and O–H groups in total. The number of hydrogen-bond acceptors (Lipinski definition) is 5. The van der Waals surface area contributed by atoms with Crippen LogP contribution >= 0.6 is 24.0 Å². The van der Waals surface area contributed by atoms with Crippen molar-refractivity contribution >= 4 is 41.5 Å². The van der Waals surface area contributed by atoms with Gasteiger partial charge in [-0.3, -0.25) is 9.39 Å². The van der Waals surface area contributed by atoms with Crippen molar-refractivity contribution in [2.45, 2.75) is 13.1 Å². The predicted octanol–water partition coefficient (Wildman–Crippen LogP) is 1.01. The summed E-state index contributed by atoms with van der Waals surface area (Å²) in [5, 5.41) is 14.9. The van der Waals surface area contributed by atoms with E-state index in [4.69, 9.17) is 0 Å². The fraction of sp³-hybridized carbons (Fsp3) is 0.375. The molecule has 0 fully saturated rings. The van der Waals surface area contributed by atoms with Gasteiger partial charge in [-0.2, -0.15) is 0 Å². The van der Waals surface area contributed by atoms with Crippen LogP contribution in [0.1, 0.15) is 11.5 Å². The predicted molar refractivity (Wildman–Crippen MR) is 113 cm³/mol. The second kappa shape index (κ2) is 8.83. The van der Waals surface area contributed by atoms with Gasteiger partial charge in [-0.25, -0.2) is 4.98 Å². The first-order chi connectivity index (χ1) is 12.1. The maximum atomic E-state index is 4.41. The number of aromatic nitrogens is 5. The van der Waals surface area contributed by atoms with Gasteiger partial charge < -0.3 is 20.1 Å². The van der Waals surface area contributed by atoms with Crippen LogP contribution in [0.15, 0.2) is 35.6 Å². The topological polar surface area (TPSA) is 87.7 Å². The molecule has 3 rings (SSSR count). The minimum absolute atomic E-state index is 0. The Balaban J connectivity index is 0.00000243. The Morgan fingerprint density at radius 2 is 1.96 bits per heavy atom. The third kappa shape index (κ3) is 4.23. The van der Waals surface area contributed by atoms with Crippen molar-refractivity contribution in [1.29, 1.82) is 0 Å². The van der Waals surface area contributed by atoms with E-state index < -0.39 is 0 Å². The standard InChI is InChI=1S/C16H23N9.HI/c1-17-15(18-9-12-10-20-16(23(2)3)24(12)4)19-11-14-22-21-13-7-5-6-8-25(13)14;/h5-8,10H,9,11H2,1-4H3,(H2,17,18,19);1H. The molecule has 0 bridgehead atoms. The summed E-state index contributed by atoms with van der Waals surface area (Å²) in [5.41, 5.74) is 1.90. The monoisotopic (exact) mass is 469 g/mol. The largest absolute Gasteiger partial charge is 0.351 e. The Hall–Kier alpha value is -2.37. The zero-order chi connectivity index (χ0) is 17.8. The summed E-state index contributed by atoms with van der Waals surface area (Å²) in [6.07, 6.45) is 3.81. The van der Waals surface area contributed by atoms with Crippen LogP contribution in [0.4, 0.5) is 5.95 Å². The van der Waals surface area contributed by atoms with Gasteiger partial charge >= 0.3 is 0 Å². The number of anilines is 1. The maximum Gasteiger partial charge on any atom is 0.204 e. The van der Waals surface area contributed by atoms with E-state index in [1.807, 2.05) is 65.6 Å². The lowest BCUT2D eigenvalue weighted by Crippen LogP contribution is -2.37. The number of nitrogens with zero attached hydrogens (tertiary/aromatic N) is 7. The molecule has 0 saturated carbocycles. The average molecular weight is 469 g/mol. The molecule has 140 valence electrons. The van der Waals surface area contributed by atoms with Gasteiger partial charge in [-0.15, -0.1) is 34.2 Å². The van der Waals surface area contributed by atoms with Crippen molar-refractivity contribution in [2.75, 3.05) is 26.0 Å². The number of guanidine groups is 1. The van der Waals surface area contributed by atoms with E-state index in [0.717, 1.165) is 23.1 Å². The lowest BCUT2D eigenvalue weighted by Gasteiger charge is -2.14. The zero-order valence-corrected chi connectivity index (χ0v) is 17.7. The summed E-state index contributed by atoms with van der Waals surface area (Å²) in [5.74, 6) is 2.43. The van der Waals surface area contributed by atoms with Crippen LogP contribution < -0.4 is 15.5 Å². The molecule has 26 heavy (non-hydrogen) atoms. The molecular weight excluding hydrogens is 445 g/mol. The highest BCUT2D eigenvalue weighted by molar-refractivity contribution is 14.0. The van der Waals surface area contributed by atoms with Crippen molar-refractivity contribution in [3.05, 3.63) is 42.1 Å². The molecule has 0 unspecified atom stereocenters. The quantitative estimate of drug-likeness (QED) is 0.330. The first kappa shape index (κ1) is 19.9. The number of aliphatic imine (C=N–C) groups is 1. The van der Waals surface area contributed by atoms with Crippen molar-refractivity contribution in [2.24, 2.45) is 12.0 Å². The third-order valence-corrected chi connectivity index (χ3v) is 3.92. The minimum Gasteiger partial charge on any atom is -0.351 e. The van der Waals surface area contributed by atoms with Crippen LogP contribution in [0.3, 0.4) is 0 Å². The average Bonchev–Trinajstić information content (AvgIpc) is 3.19. The number of imidazole rings is 1. The van der Waals surface area contributed by atoms with Gasteiger partial charge in [0.15, 0.2) is 17.4 Å². The minimum atomic E-state index is 0. The highest BCUT2D eigenvalue weighted by atomic mass is 127. The number of hydrogen-bond donors (Lipinski definition) is 2. The van der Waals surface area contributed by atoms with Crippen LogP contribution in [0.25, 0.3) is 5.65 Å². The van der Waals surface area contributed by atoms with Crippen molar-refractivity contribution in [3.8, 4) is 0 Å². The number of fused-ring (bicyclic) bond motifs is 1. The van der Waals surface area contributed by atoms with Gasteiger partial charge in [0.2, 0.25) is 5.95 Å². The van der Waals surface area contributed by atoms with E-state index in [1.165, 1.54) is 0 Å². The number of nitrogens with one attached hydrogen (secondary N) is 2. The Bertz CT molecular complexity index is 881. The smallest absolute Gasteiger partial charge is 0.204 e. The maximum absolute atomic E-state index is 4.41. The molecule has 3 heterocycles. The van der Waals surface area contributed by atoms with E-state index in [1.54, 1.807) is 7.05 Å². The van der Waals surface area contributed by atoms with Crippen LogP contribution in [0.2, 0.25) is 0 Å². The van der Waals surface area contributed by atoms with Gasteiger partial charge in [0.25, 0.3) is 0 Å². The van der Waals surface area contributed by atoms with E-state index in [2.05, 4.69) is 30.8 Å². The van der Waals surface area contributed by atoms with E-state index in [9.17, 15) is 0 Å². The molecule has 0 aliphatic carbocycles. The molecule has 0 aliphatic rings. The summed E-state index contributed by atoms with van der Waals surface area (Å²) in [6, 6.07) is 5.82. The van der Waals surface area contributed by atoms with Crippen LogP contribution in [-0.2, 0) is 20.1 Å². The van der Waals surface area contributed by atoms with Gasteiger partial charge in [0.05, 0.1) is 25.0 Å². The van der Waals surface area contributed by atoms with Crippen LogP contribution in [-0.4, -0.2) is 51.3 Å². The van der Waals surface area contributed by atoms with E-state index in [0.29, 0.717) is 19.0 Å². The summed E-state index contributed by atoms with van der Waals surface area (Å²) in [7, 11) is 7.69. The molecule has 9 nitrogen and oxygen atoms in total. The molecule has 0 saturated heterocycles. The Morgan fingerprint density at radius 1 is 1.19 bits per heavy atom. The summed E-state index contributed by atoms with van der Waals surface area (Å²) < 4.78 is 4.00. The zero-order valence-electron chi connectivity index (χ0n) is 15.3. The molecule has 3 aromatic heterocycles. The Kier molecular flexibility index (Phi) is 6.77. The second-order valence-corrected chi connectivity index (χ2v) is 5.83. The fourth-order valence-electron chi connectivity index (χ4n) is 2.58. The Labute approximate surface area is 169 Å². The third-order valence-electron chi connectivity index (χ3n) is 3.92. The van der Waals surface area contributed by atoms with Crippen molar-refractivity contribution in [1.82, 2.24) is 34.8 Å². The van der Waals surface area contributed by atoms with Gasteiger partial charge in [0, 0.05) is 34.4 Å². The van der Waals surface area contributed by atoms with Crippen molar-refractivity contribution in [3.63, 3.8) is 0 Å². The van der Waals surface area contributed by atoms with Gasteiger partial charge in [-0.1, -0.05) is 6.07 Å². The van der Waals surface area contributed by atoms with Crippen LogP contribution in [0.5, 0.6) is 0 Å². The molecule has 0 atom stereocenters. The van der Waals surface area contributed by atoms with Gasteiger partial charge in [0.1, 0.15) is 0 Å². The molecule has 10 heteroatoms. The van der Waals surface area contributed by atoms with E-state index >= 15 is 0 Å². The molecule has 0 aliphatic heterocycles. The van der Waals surface area contributed by atoms with Gasteiger partial charge in [-0.05, 0) is 12.1 Å². The lowest BCUT2D eigenvalue weighted by molar-refractivity contribution is 0.729. The Morgan fingerprint density at radius 3 is 2.65 bits per heavy atom. The molecule has 0 spiro atoms. The molecule has 3 aromatic rings. The first-order valence-electron chi connectivity index (χ1n) is 8.01. The molecular formula is C16H24IN9. The summed E-state index contributed by atoms with van der Waals surface area (Å²) in [6.45, 7) is 1.15. The number of pyridine rings is 1. The molecule has 0 aromatic carbocycles. The molecule has 0 radical (unpaired) electrons. The first-order valence-corrected chi connectivity index (χ1v) is 8.01.